The van der Waals surface area contributed by atoms with Crippen molar-refractivity contribution in [2.45, 2.75) is 72.3 Å². The Morgan fingerprint density at radius 1 is 0.964 bits per heavy atom. The van der Waals surface area contributed by atoms with Crippen LogP contribution in [0.2, 0.25) is 0 Å². The van der Waals surface area contributed by atoms with Crippen molar-refractivity contribution in [1.82, 2.24) is 4.90 Å². The Morgan fingerprint density at radius 3 is 2.46 bits per heavy atom. The summed E-state index contributed by atoms with van der Waals surface area (Å²) in [5.41, 5.74) is 1.75. The van der Waals surface area contributed by atoms with Crippen molar-refractivity contribution in [3.8, 4) is 0 Å². The first kappa shape index (κ1) is 20.1. The quantitative estimate of drug-likeness (QED) is 0.644. The summed E-state index contributed by atoms with van der Waals surface area (Å²) in [6.45, 7) is 10.5. The van der Waals surface area contributed by atoms with Gasteiger partial charge in [0, 0.05) is 32.0 Å². The van der Waals surface area contributed by atoms with E-state index in [2.05, 4.69) is 56.0 Å². The van der Waals surface area contributed by atoms with Gasteiger partial charge in [-0.2, -0.15) is 0 Å². The smallest absolute Gasteiger partial charge is 0.136 e. The van der Waals surface area contributed by atoms with Gasteiger partial charge in [0.1, 0.15) is 5.78 Å². The van der Waals surface area contributed by atoms with E-state index in [1.54, 1.807) is 0 Å². The minimum Gasteiger partial charge on any atom is -0.299 e. The van der Waals surface area contributed by atoms with Crippen molar-refractivity contribution >= 4 is 5.78 Å². The fourth-order valence-corrected chi connectivity index (χ4v) is 6.74. The highest BCUT2D eigenvalue weighted by Gasteiger charge is 2.48. The molecule has 2 saturated carbocycles. The number of hydrogen-bond acceptors (Lipinski definition) is 2. The minimum atomic E-state index is 0.320. The summed E-state index contributed by atoms with van der Waals surface area (Å²) in [4.78, 5) is 16.0. The maximum absolute atomic E-state index is 13.3. The highest BCUT2D eigenvalue weighted by molar-refractivity contribution is 5.82. The fraction of sp³-hybridized carbons (Fsp3) is 0.731. The summed E-state index contributed by atoms with van der Waals surface area (Å²) >= 11 is 0. The number of rotatable bonds is 3. The van der Waals surface area contributed by atoms with Gasteiger partial charge in [0.05, 0.1) is 0 Å². The van der Waals surface area contributed by atoms with Crippen LogP contribution < -0.4 is 0 Å². The third-order valence-electron chi connectivity index (χ3n) is 7.71. The summed E-state index contributed by atoms with van der Waals surface area (Å²) < 4.78 is 0. The molecule has 154 valence electrons. The van der Waals surface area contributed by atoms with Gasteiger partial charge in [-0.1, -0.05) is 63.9 Å². The van der Waals surface area contributed by atoms with Crippen molar-refractivity contribution in [3.63, 3.8) is 0 Å². The van der Waals surface area contributed by atoms with Gasteiger partial charge in [-0.05, 0) is 60.3 Å². The van der Waals surface area contributed by atoms with Gasteiger partial charge in [0.25, 0.3) is 0 Å². The van der Waals surface area contributed by atoms with Crippen molar-refractivity contribution in [2.75, 3.05) is 13.1 Å². The fourth-order valence-electron chi connectivity index (χ4n) is 6.74. The number of Topliss-reactive ketones (excluding diaryl/α,β-unsaturated/α-hetero) is 1. The Labute approximate surface area is 172 Å². The molecule has 28 heavy (non-hydrogen) atoms. The Balaban J connectivity index is 1.53. The molecule has 2 nitrogen and oxygen atoms in total. The molecule has 1 aromatic rings. The number of carbonyl (C=O) groups is 1. The number of fused-ring (bicyclic) bond motifs is 3. The molecule has 1 aromatic carbocycles. The molecule has 0 amide bonds. The van der Waals surface area contributed by atoms with Crippen LogP contribution in [0, 0.1) is 35.0 Å². The predicted octanol–water partition coefficient (Wildman–Crippen LogP) is 5.96. The third kappa shape index (κ3) is 4.53. The second-order valence-corrected chi connectivity index (χ2v) is 11.1. The second kappa shape index (κ2) is 8.30. The first-order valence-electron chi connectivity index (χ1n) is 11.7. The van der Waals surface area contributed by atoms with Gasteiger partial charge in [-0.3, -0.25) is 9.69 Å². The Kier molecular flexibility index (Phi) is 5.97. The van der Waals surface area contributed by atoms with Crippen LogP contribution in [0.25, 0.3) is 0 Å². The van der Waals surface area contributed by atoms with Crippen LogP contribution in [0.5, 0.6) is 0 Å². The first-order valence-corrected chi connectivity index (χ1v) is 11.7. The van der Waals surface area contributed by atoms with E-state index in [9.17, 15) is 4.79 Å². The highest BCUT2D eigenvalue weighted by Crippen LogP contribution is 2.49. The van der Waals surface area contributed by atoms with Crippen LogP contribution in [0.1, 0.15) is 71.3 Å². The summed E-state index contributed by atoms with van der Waals surface area (Å²) in [5.74, 6) is 3.67. The number of ketones is 1. The van der Waals surface area contributed by atoms with E-state index in [4.69, 9.17) is 0 Å². The molecule has 0 N–H and O–H groups in total. The zero-order valence-corrected chi connectivity index (χ0v) is 18.2. The Morgan fingerprint density at radius 2 is 1.71 bits per heavy atom. The Bertz CT molecular complexity index is 661. The molecule has 5 unspecified atom stereocenters. The van der Waals surface area contributed by atoms with E-state index in [0.29, 0.717) is 29.0 Å². The maximum atomic E-state index is 13.3. The van der Waals surface area contributed by atoms with E-state index in [-0.39, 0.29) is 0 Å². The van der Waals surface area contributed by atoms with Crippen LogP contribution >= 0.6 is 0 Å². The summed E-state index contributed by atoms with van der Waals surface area (Å²) in [7, 11) is 0. The van der Waals surface area contributed by atoms with Crippen molar-refractivity contribution < 1.29 is 4.79 Å². The zero-order valence-electron chi connectivity index (χ0n) is 18.2. The van der Waals surface area contributed by atoms with Crippen molar-refractivity contribution in [3.05, 3.63) is 35.9 Å². The van der Waals surface area contributed by atoms with Gasteiger partial charge in [0.15, 0.2) is 0 Å². The molecule has 2 aliphatic carbocycles. The number of nitrogens with zero attached hydrogens (tertiary/aromatic N) is 1. The predicted molar refractivity (Wildman–Crippen MR) is 116 cm³/mol. The average molecular weight is 382 g/mol. The average Bonchev–Trinajstić information content (AvgIpc) is 2.85. The molecule has 0 radical (unpaired) electrons. The molecule has 0 bridgehead atoms. The maximum Gasteiger partial charge on any atom is 0.136 e. The van der Waals surface area contributed by atoms with Crippen molar-refractivity contribution in [1.29, 1.82) is 0 Å². The van der Waals surface area contributed by atoms with Crippen molar-refractivity contribution in [2.24, 2.45) is 35.0 Å². The zero-order chi connectivity index (χ0) is 19.7. The van der Waals surface area contributed by atoms with Gasteiger partial charge in [-0.25, -0.2) is 0 Å². The number of benzene rings is 1. The van der Waals surface area contributed by atoms with Gasteiger partial charge < -0.3 is 0 Å². The number of hydrogen-bond donors (Lipinski definition) is 0. The van der Waals surface area contributed by atoms with Crippen LogP contribution in [-0.4, -0.2) is 23.8 Å². The molecule has 0 aromatic heterocycles. The SMILES string of the molecule is CC(C)(C)CC1CCCCC2C3CN(Cc4ccccc4)CC3CCC(=O)C12. The van der Waals surface area contributed by atoms with E-state index < -0.39 is 0 Å². The van der Waals surface area contributed by atoms with E-state index in [1.165, 1.54) is 50.8 Å². The first-order chi connectivity index (χ1) is 13.4. The minimum absolute atomic E-state index is 0.320. The van der Waals surface area contributed by atoms with E-state index in [0.717, 1.165) is 31.2 Å². The molecule has 2 heteroatoms. The summed E-state index contributed by atoms with van der Waals surface area (Å²) in [6, 6.07) is 10.9. The normalized spacial score (nSPS) is 34.4. The molecule has 5 atom stereocenters. The van der Waals surface area contributed by atoms with E-state index in [1.807, 2.05) is 0 Å². The standard InChI is InChI=1S/C26H39NO/c1-26(2,3)15-20-11-7-8-12-22-23-18-27(16-19-9-5-4-6-10-19)17-21(23)13-14-24(28)25(20)22/h4-6,9-10,20-23,25H,7-8,11-18H2,1-3H3. The van der Waals surface area contributed by atoms with Gasteiger partial charge in [0.2, 0.25) is 0 Å². The summed E-state index contributed by atoms with van der Waals surface area (Å²) in [5, 5.41) is 0. The molecule has 1 aliphatic heterocycles. The third-order valence-corrected chi connectivity index (χ3v) is 7.71. The molecule has 3 aliphatic rings. The topological polar surface area (TPSA) is 20.3 Å². The second-order valence-electron chi connectivity index (χ2n) is 11.1. The monoisotopic (exact) mass is 381 g/mol. The van der Waals surface area contributed by atoms with Crippen LogP contribution in [-0.2, 0) is 11.3 Å². The molecular formula is C26H39NO. The molecule has 3 fully saturated rings. The lowest BCUT2D eigenvalue weighted by Gasteiger charge is -2.36. The lowest BCUT2D eigenvalue weighted by Crippen LogP contribution is -2.36. The van der Waals surface area contributed by atoms with Crippen LogP contribution in [0.3, 0.4) is 0 Å². The van der Waals surface area contributed by atoms with Crippen LogP contribution in [0.15, 0.2) is 30.3 Å². The molecule has 0 spiro atoms. The largest absolute Gasteiger partial charge is 0.299 e. The summed E-state index contributed by atoms with van der Waals surface area (Å²) in [6.07, 6.45) is 8.40. The van der Waals surface area contributed by atoms with Gasteiger partial charge >= 0.3 is 0 Å². The lowest BCUT2D eigenvalue weighted by molar-refractivity contribution is -0.127. The molecule has 1 heterocycles. The molecule has 4 rings (SSSR count). The van der Waals surface area contributed by atoms with Gasteiger partial charge in [-0.15, -0.1) is 0 Å². The Hall–Kier alpha value is -1.15. The molecular weight excluding hydrogens is 342 g/mol. The lowest BCUT2D eigenvalue weighted by atomic mass is 9.67. The molecule has 1 saturated heterocycles. The van der Waals surface area contributed by atoms with E-state index >= 15 is 0 Å². The highest BCUT2D eigenvalue weighted by atomic mass is 16.1. The number of carbonyl (C=O) groups excluding carboxylic acids is 1. The number of likely N-dealkylation sites (tertiary alicyclic amines) is 1. The van der Waals surface area contributed by atoms with Crippen LogP contribution in [0.4, 0.5) is 0 Å².